The molecule has 3 aromatic rings. The van der Waals surface area contributed by atoms with Gasteiger partial charge in [0.1, 0.15) is 18.1 Å². The van der Waals surface area contributed by atoms with Crippen LogP contribution in [0.3, 0.4) is 0 Å². The molecular weight excluding hydrogens is 348 g/mol. The van der Waals surface area contributed by atoms with Gasteiger partial charge in [-0.25, -0.2) is 5.10 Å². The number of nitrogens with zero attached hydrogens (tertiary/aromatic N) is 3. The minimum absolute atomic E-state index is 0.0192. The minimum atomic E-state index is 0.0192. The lowest BCUT2D eigenvalue weighted by molar-refractivity contribution is 0.290. The zero-order valence-corrected chi connectivity index (χ0v) is 14.0. The Balaban J connectivity index is 1.78. The van der Waals surface area contributed by atoms with E-state index in [1.54, 1.807) is 18.3 Å². The molecule has 24 heavy (non-hydrogen) atoms. The molecule has 0 aliphatic carbocycles. The molecule has 0 spiro atoms. The van der Waals surface area contributed by atoms with E-state index in [1.165, 1.54) is 10.7 Å². The summed E-state index contributed by atoms with van der Waals surface area (Å²) in [6.07, 6.45) is 1.57. The molecule has 2 N–H and O–H groups in total. The van der Waals surface area contributed by atoms with Crippen LogP contribution in [0.4, 0.5) is 0 Å². The van der Waals surface area contributed by atoms with E-state index >= 15 is 0 Å². The number of ether oxygens (including phenoxy) is 1. The van der Waals surface area contributed by atoms with Crippen molar-refractivity contribution in [2.45, 2.75) is 6.61 Å². The number of hydrogen-bond donors (Lipinski definition) is 2. The topological polar surface area (TPSA) is 75.4 Å². The van der Waals surface area contributed by atoms with Crippen LogP contribution in [0.15, 0.2) is 53.6 Å². The quantitative estimate of drug-likeness (QED) is 0.536. The SMILES string of the molecule is Oc1ccc(/C=N\n2c(COc3ccccc3)n[nH]c2=S)cc1Cl. The van der Waals surface area contributed by atoms with Gasteiger partial charge in [-0.2, -0.15) is 14.9 Å². The number of phenols is 1. The predicted octanol–water partition coefficient (Wildman–Crippen LogP) is 3.76. The number of aromatic amines is 1. The fourth-order valence-electron chi connectivity index (χ4n) is 1.93. The molecule has 0 radical (unpaired) electrons. The molecule has 0 unspecified atom stereocenters. The number of benzene rings is 2. The van der Waals surface area contributed by atoms with Crippen molar-refractivity contribution in [3.05, 3.63) is 69.7 Å². The van der Waals surface area contributed by atoms with Gasteiger partial charge >= 0.3 is 0 Å². The van der Waals surface area contributed by atoms with Gasteiger partial charge in [0.05, 0.1) is 11.2 Å². The number of aromatic nitrogens is 3. The standard InChI is InChI=1S/C16H13ClN4O2S/c17-13-8-11(6-7-14(13)22)9-18-21-15(19-20-16(21)24)10-23-12-4-2-1-3-5-12/h1-9,22H,10H2,(H,20,24)/b18-9-. The summed E-state index contributed by atoms with van der Waals surface area (Å²) < 4.78 is 7.48. The molecule has 6 nitrogen and oxygen atoms in total. The predicted molar refractivity (Wildman–Crippen MR) is 94.3 cm³/mol. The number of halogens is 1. The molecule has 2 aromatic carbocycles. The minimum Gasteiger partial charge on any atom is -0.506 e. The third kappa shape index (κ3) is 3.81. The van der Waals surface area contributed by atoms with Gasteiger partial charge in [0, 0.05) is 0 Å². The van der Waals surface area contributed by atoms with E-state index in [0.29, 0.717) is 10.6 Å². The number of hydrogen-bond acceptors (Lipinski definition) is 5. The molecular formula is C16H13ClN4O2S. The maximum absolute atomic E-state index is 9.43. The van der Waals surface area contributed by atoms with Gasteiger partial charge in [0.2, 0.25) is 4.77 Å². The van der Waals surface area contributed by atoms with Crippen LogP contribution in [0.2, 0.25) is 5.02 Å². The Labute approximate surface area is 148 Å². The average molecular weight is 361 g/mol. The molecule has 1 heterocycles. The van der Waals surface area contributed by atoms with Crippen molar-refractivity contribution in [3.8, 4) is 11.5 Å². The first-order valence-electron chi connectivity index (χ1n) is 7.00. The van der Waals surface area contributed by atoms with Crippen LogP contribution in [-0.2, 0) is 6.61 Å². The fourth-order valence-corrected chi connectivity index (χ4v) is 2.32. The number of phenolic OH excluding ortho intramolecular Hbond substituents is 1. The van der Waals surface area contributed by atoms with E-state index in [2.05, 4.69) is 15.3 Å². The summed E-state index contributed by atoms with van der Waals surface area (Å²) in [7, 11) is 0. The fraction of sp³-hybridized carbons (Fsp3) is 0.0625. The summed E-state index contributed by atoms with van der Waals surface area (Å²) in [6, 6.07) is 14.2. The van der Waals surface area contributed by atoms with Crippen LogP contribution in [0, 0.1) is 4.77 Å². The Morgan fingerprint density at radius 2 is 2.08 bits per heavy atom. The van der Waals surface area contributed by atoms with Gasteiger partial charge in [0.15, 0.2) is 5.82 Å². The summed E-state index contributed by atoms with van der Waals surface area (Å²) in [5.41, 5.74) is 0.718. The Bertz CT molecular complexity index is 921. The molecule has 0 atom stereocenters. The Hall–Kier alpha value is -2.64. The first-order valence-corrected chi connectivity index (χ1v) is 7.79. The number of aromatic hydroxyl groups is 1. The largest absolute Gasteiger partial charge is 0.506 e. The van der Waals surface area contributed by atoms with Gasteiger partial charge in [-0.1, -0.05) is 29.8 Å². The molecule has 0 aliphatic heterocycles. The second kappa shape index (κ2) is 7.29. The van der Waals surface area contributed by atoms with Crippen LogP contribution >= 0.6 is 23.8 Å². The van der Waals surface area contributed by atoms with E-state index in [4.69, 9.17) is 28.6 Å². The summed E-state index contributed by atoms with van der Waals surface area (Å²) in [5.74, 6) is 1.28. The molecule has 1 aromatic heterocycles. The van der Waals surface area contributed by atoms with Crippen molar-refractivity contribution in [2.24, 2.45) is 5.10 Å². The van der Waals surface area contributed by atoms with Gasteiger partial charge in [-0.05, 0) is 48.1 Å². The number of nitrogens with one attached hydrogen (secondary N) is 1. The van der Waals surface area contributed by atoms with E-state index < -0.39 is 0 Å². The second-order valence-corrected chi connectivity index (χ2v) is 5.61. The highest BCUT2D eigenvalue weighted by Gasteiger charge is 2.06. The molecule has 0 bridgehead atoms. The normalized spacial score (nSPS) is 11.0. The van der Waals surface area contributed by atoms with E-state index in [-0.39, 0.29) is 17.4 Å². The summed E-state index contributed by atoms with van der Waals surface area (Å²) in [6.45, 7) is 0.213. The molecule has 0 fully saturated rings. The number of H-pyrrole nitrogens is 1. The molecule has 0 aliphatic rings. The van der Waals surface area contributed by atoms with Crippen molar-refractivity contribution >= 4 is 30.0 Å². The third-order valence-electron chi connectivity index (χ3n) is 3.12. The average Bonchev–Trinajstić information content (AvgIpc) is 2.95. The van der Waals surface area contributed by atoms with E-state index in [9.17, 15) is 5.11 Å². The van der Waals surface area contributed by atoms with Gasteiger partial charge < -0.3 is 9.84 Å². The molecule has 122 valence electrons. The Morgan fingerprint density at radius 1 is 1.29 bits per heavy atom. The third-order valence-corrected chi connectivity index (χ3v) is 3.69. The maximum Gasteiger partial charge on any atom is 0.216 e. The van der Waals surface area contributed by atoms with Crippen LogP contribution in [0.5, 0.6) is 11.5 Å². The molecule has 0 saturated carbocycles. The lowest BCUT2D eigenvalue weighted by Crippen LogP contribution is -2.04. The van der Waals surface area contributed by atoms with Crippen LogP contribution in [-0.4, -0.2) is 26.2 Å². The smallest absolute Gasteiger partial charge is 0.216 e. The number of para-hydroxylation sites is 1. The van der Waals surface area contributed by atoms with Crippen LogP contribution in [0.25, 0.3) is 0 Å². The first kappa shape index (κ1) is 16.2. The molecule has 8 heteroatoms. The van der Waals surface area contributed by atoms with Crippen LogP contribution < -0.4 is 4.74 Å². The Morgan fingerprint density at radius 3 is 2.83 bits per heavy atom. The second-order valence-electron chi connectivity index (χ2n) is 4.81. The lowest BCUT2D eigenvalue weighted by Gasteiger charge is -2.05. The monoisotopic (exact) mass is 360 g/mol. The summed E-state index contributed by atoms with van der Waals surface area (Å²) >= 11 is 11.1. The van der Waals surface area contributed by atoms with E-state index in [1.807, 2.05) is 30.3 Å². The Kier molecular flexibility index (Phi) is 4.93. The van der Waals surface area contributed by atoms with Gasteiger partial charge in [-0.15, -0.1) is 0 Å². The highest BCUT2D eigenvalue weighted by atomic mass is 35.5. The highest BCUT2D eigenvalue weighted by Crippen LogP contribution is 2.22. The maximum atomic E-state index is 9.43. The van der Waals surface area contributed by atoms with Crippen molar-refractivity contribution in [1.82, 2.24) is 14.9 Å². The zero-order valence-electron chi connectivity index (χ0n) is 12.4. The number of rotatable bonds is 5. The zero-order chi connectivity index (χ0) is 16.9. The molecule has 0 saturated heterocycles. The highest BCUT2D eigenvalue weighted by molar-refractivity contribution is 7.71. The van der Waals surface area contributed by atoms with E-state index in [0.717, 1.165) is 11.3 Å². The van der Waals surface area contributed by atoms with Crippen molar-refractivity contribution in [3.63, 3.8) is 0 Å². The molecule has 3 rings (SSSR count). The van der Waals surface area contributed by atoms with Crippen molar-refractivity contribution < 1.29 is 9.84 Å². The van der Waals surface area contributed by atoms with Crippen LogP contribution in [0.1, 0.15) is 11.4 Å². The summed E-state index contributed by atoms with van der Waals surface area (Å²) in [4.78, 5) is 0. The lowest BCUT2D eigenvalue weighted by atomic mass is 10.2. The van der Waals surface area contributed by atoms with Gasteiger partial charge in [-0.3, -0.25) is 0 Å². The first-order chi connectivity index (χ1) is 11.6. The van der Waals surface area contributed by atoms with Crippen molar-refractivity contribution in [2.75, 3.05) is 0 Å². The van der Waals surface area contributed by atoms with Crippen molar-refractivity contribution in [1.29, 1.82) is 0 Å². The molecule has 0 amide bonds. The summed E-state index contributed by atoms with van der Waals surface area (Å²) in [5, 5.41) is 20.8. The van der Waals surface area contributed by atoms with Gasteiger partial charge in [0.25, 0.3) is 0 Å².